The number of ether oxygens (including phenoxy) is 1. The summed E-state index contributed by atoms with van der Waals surface area (Å²) in [5, 5.41) is 9.03. The molecule has 4 nitrogen and oxygen atoms in total. The number of methoxy groups -OCH3 is 1. The van der Waals surface area contributed by atoms with Crippen LogP contribution < -0.4 is 0 Å². The summed E-state index contributed by atoms with van der Waals surface area (Å²) in [7, 11) is 1.53. The summed E-state index contributed by atoms with van der Waals surface area (Å²) in [6.45, 7) is 7.08. The molecule has 0 aromatic heterocycles. The van der Waals surface area contributed by atoms with E-state index in [1.165, 1.54) is 7.11 Å². The van der Waals surface area contributed by atoms with Crippen molar-refractivity contribution in [2.75, 3.05) is 20.3 Å². The second-order valence-electron chi connectivity index (χ2n) is 3.64. The second-order valence-corrected chi connectivity index (χ2v) is 3.64. The highest BCUT2D eigenvalue weighted by Gasteiger charge is 2.26. The van der Waals surface area contributed by atoms with Crippen LogP contribution in [0.3, 0.4) is 0 Å². The predicted octanol–water partition coefficient (Wildman–Crippen LogP) is 1.21. The molecule has 0 aliphatic carbocycles. The number of carboxylic acid groups (broad SMARTS) is 1. The van der Waals surface area contributed by atoms with E-state index in [0.29, 0.717) is 0 Å². The van der Waals surface area contributed by atoms with E-state index >= 15 is 0 Å². The number of aliphatic carboxylic acids is 1. The lowest BCUT2D eigenvalue weighted by atomic mass is 10.2. The van der Waals surface area contributed by atoms with Crippen molar-refractivity contribution < 1.29 is 14.6 Å². The summed E-state index contributed by atoms with van der Waals surface area (Å²) in [5.41, 5.74) is 0. The van der Waals surface area contributed by atoms with Crippen LogP contribution in [-0.2, 0) is 9.53 Å². The van der Waals surface area contributed by atoms with Crippen molar-refractivity contribution in [3.05, 3.63) is 0 Å². The molecule has 0 rings (SSSR count). The summed E-state index contributed by atoms with van der Waals surface area (Å²) in [6.07, 6.45) is 0.950. The molecule has 0 heterocycles. The van der Waals surface area contributed by atoms with E-state index in [-0.39, 0.29) is 12.6 Å². The molecule has 0 aromatic carbocycles. The smallest absolute Gasteiger partial charge is 0.323 e. The number of carbonyl (C=O) groups is 1. The fourth-order valence-electron chi connectivity index (χ4n) is 1.50. The number of nitrogens with zero attached hydrogens (tertiary/aromatic N) is 1. The first-order valence-corrected chi connectivity index (χ1v) is 5.02. The molecule has 0 amide bonds. The van der Waals surface area contributed by atoms with Crippen LogP contribution in [0.2, 0.25) is 0 Å². The number of carboxylic acids is 1. The third kappa shape index (κ3) is 4.07. The number of rotatable bonds is 7. The Bertz CT molecular complexity index is 171. The molecule has 14 heavy (non-hydrogen) atoms. The highest BCUT2D eigenvalue weighted by atomic mass is 16.5. The Morgan fingerprint density at radius 1 is 1.50 bits per heavy atom. The zero-order valence-corrected chi connectivity index (χ0v) is 9.49. The van der Waals surface area contributed by atoms with Gasteiger partial charge in [-0.05, 0) is 26.8 Å². The zero-order chi connectivity index (χ0) is 11.1. The van der Waals surface area contributed by atoms with Gasteiger partial charge in [0.2, 0.25) is 0 Å². The van der Waals surface area contributed by atoms with E-state index in [1.54, 1.807) is 0 Å². The van der Waals surface area contributed by atoms with Crippen LogP contribution in [-0.4, -0.2) is 48.3 Å². The third-order valence-corrected chi connectivity index (χ3v) is 2.16. The molecule has 0 saturated heterocycles. The fourth-order valence-corrected chi connectivity index (χ4v) is 1.50. The van der Waals surface area contributed by atoms with Gasteiger partial charge in [0.25, 0.3) is 0 Å². The average molecular weight is 203 g/mol. The molecule has 1 atom stereocenters. The van der Waals surface area contributed by atoms with Gasteiger partial charge in [-0.2, -0.15) is 0 Å². The van der Waals surface area contributed by atoms with E-state index in [0.717, 1.165) is 13.0 Å². The molecule has 0 radical (unpaired) electrons. The minimum atomic E-state index is -0.811. The van der Waals surface area contributed by atoms with Gasteiger partial charge in [0.05, 0.1) is 6.61 Å². The summed E-state index contributed by atoms with van der Waals surface area (Å²) >= 11 is 0. The first-order valence-electron chi connectivity index (χ1n) is 5.02. The molecule has 0 saturated carbocycles. The van der Waals surface area contributed by atoms with Gasteiger partial charge in [0, 0.05) is 13.2 Å². The molecule has 0 fully saturated rings. The Kier molecular flexibility index (Phi) is 6.49. The standard InChI is InChI=1S/C10H21NO3/c1-5-6-11(8(2)3)9(7-14-4)10(12)13/h8-9H,5-7H2,1-4H3,(H,12,13). The van der Waals surface area contributed by atoms with Crippen LogP contribution in [0.5, 0.6) is 0 Å². The van der Waals surface area contributed by atoms with Crippen molar-refractivity contribution in [1.82, 2.24) is 4.90 Å². The Morgan fingerprint density at radius 2 is 2.07 bits per heavy atom. The van der Waals surface area contributed by atoms with Gasteiger partial charge < -0.3 is 9.84 Å². The zero-order valence-electron chi connectivity index (χ0n) is 9.49. The van der Waals surface area contributed by atoms with Crippen LogP contribution in [0.4, 0.5) is 0 Å². The van der Waals surface area contributed by atoms with Crippen molar-refractivity contribution in [3.8, 4) is 0 Å². The lowest BCUT2D eigenvalue weighted by Gasteiger charge is -2.31. The number of hydrogen-bond donors (Lipinski definition) is 1. The lowest BCUT2D eigenvalue weighted by Crippen LogP contribution is -2.48. The highest BCUT2D eigenvalue weighted by Crippen LogP contribution is 2.07. The maximum Gasteiger partial charge on any atom is 0.323 e. The van der Waals surface area contributed by atoms with Gasteiger partial charge in [0.1, 0.15) is 6.04 Å². The van der Waals surface area contributed by atoms with Gasteiger partial charge in [-0.1, -0.05) is 6.92 Å². The van der Waals surface area contributed by atoms with E-state index in [4.69, 9.17) is 9.84 Å². The Hall–Kier alpha value is -0.610. The second kappa shape index (κ2) is 6.79. The SMILES string of the molecule is CCCN(C(C)C)C(COC)C(=O)O. The first kappa shape index (κ1) is 13.4. The monoisotopic (exact) mass is 203 g/mol. The van der Waals surface area contributed by atoms with E-state index in [2.05, 4.69) is 0 Å². The Labute approximate surface area is 85.9 Å². The first-order chi connectivity index (χ1) is 6.54. The molecular weight excluding hydrogens is 182 g/mol. The molecule has 84 valence electrons. The maximum absolute atomic E-state index is 11.0. The maximum atomic E-state index is 11.0. The molecule has 1 N–H and O–H groups in total. The summed E-state index contributed by atoms with van der Waals surface area (Å²) in [5.74, 6) is -0.811. The third-order valence-electron chi connectivity index (χ3n) is 2.16. The van der Waals surface area contributed by atoms with Crippen LogP contribution in [0.25, 0.3) is 0 Å². The highest BCUT2D eigenvalue weighted by molar-refractivity contribution is 5.73. The molecule has 1 unspecified atom stereocenters. The van der Waals surface area contributed by atoms with Gasteiger partial charge >= 0.3 is 5.97 Å². The number of hydrogen-bond acceptors (Lipinski definition) is 3. The topological polar surface area (TPSA) is 49.8 Å². The van der Waals surface area contributed by atoms with E-state index < -0.39 is 12.0 Å². The van der Waals surface area contributed by atoms with Gasteiger partial charge in [-0.3, -0.25) is 9.69 Å². The quantitative estimate of drug-likeness (QED) is 0.675. The minimum Gasteiger partial charge on any atom is -0.480 e. The van der Waals surface area contributed by atoms with Crippen molar-refractivity contribution >= 4 is 5.97 Å². The molecule has 0 bridgehead atoms. The van der Waals surface area contributed by atoms with E-state index in [9.17, 15) is 4.79 Å². The summed E-state index contributed by atoms with van der Waals surface area (Å²) in [4.78, 5) is 12.9. The van der Waals surface area contributed by atoms with Crippen molar-refractivity contribution in [2.45, 2.75) is 39.3 Å². The van der Waals surface area contributed by atoms with Crippen molar-refractivity contribution in [2.24, 2.45) is 0 Å². The molecule has 0 spiro atoms. The minimum absolute atomic E-state index is 0.228. The van der Waals surface area contributed by atoms with Crippen LogP contribution >= 0.6 is 0 Å². The largest absolute Gasteiger partial charge is 0.480 e. The molecular formula is C10H21NO3. The molecule has 4 heteroatoms. The lowest BCUT2D eigenvalue weighted by molar-refractivity contribution is -0.146. The van der Waals surface area contributed by atoms with Gasteiger partial charge in [-0.25, -0.2) is 0 Å². The summed E-state index contributed by atoms with van der Waals surface area (Å²) < 4.78 is 4.92. The van der Waals surface area contributed by atoms with Crippen molar-refractivity contribution in [3.63, 3.8) is 0 Å². The Balaban J connectivity index is 4.46. The molecule has 0 aliphatic heterocycles. The average Bonchev–Trinajstić information content (AvgIpc) is 2.10. The molecule has 0 aliphatic rings. The Morgan fingerprint density at radius 3 is 2.36 bits per heavy atom. The predicted molar refractivity (Wildman–Crippen MR) is 55.4 cm³/mol. The van der Waals surface area contributed by atoms with Gasteiger partial charge in [-0.15, -0.1) is 0 Å². The van der Waals surface area contributed by atoms with Gasteiger partial charge in [0.15, 0.2) is 0 Å². The molecule has 0 aromatic rings. The van der Waals surface area contributed by atoms with E-state index in [1.807, 2.05) is 25.7 Å². The van der Waals surface area contributed by atoms with Crippen molar-refractivity contribution in [1.29, 1.82) is 0 Å². The van der Waals surface area contributed by atoms with Crippen LogP contribution in [0, 0.1) is 0 Å². The normalized spacial score (nSPS) is 13.6. The summed E-state index contributed by atoms with van der Waals surface area (Å²) in [6, 6.07) is -0.300. The van der Waals surface area contributed by atoms with Crippen LogP contribution in [0.15, 0.2) is 0 Å². The fraction of sp³-hybridized carbons (Fsp3) is 0.900. The van der Waals surface area contributed by atoms with Crippen LogP contribution in [0.1, 0.15) is 27.2 Å².